The topological polar surface area (TPSA) is 92.6 Å². The summed E-state index contributed by atoms with van der Waals surface area (Å²) in [6.07, 6.45) is 4.62. The van der Waals surface area contributed by atoms with Gasteiger partial charge in [0.05, 0.1) is 0 Å². The summed E-state index contributed by atoms with van der Waals surface area (Å²) < 4.78 is 10.6. The molecule has 158 valence electrons. The second-order valence-corrected chi connectivity index (χ2v) is 7.40. The third-order valence-electron chi connectivity index (χ3n) is 4.70. The van der Waals surface area contributed by atoms with Crippen molar-refractivity contribution in [1.82, 2.24) is 16.2 Å². The number of hydrazine groups is 1. The molecule has 1 aromatic heterocycles. The standard InChI is InChI=1S/C21H29N3O4S/c1-4-6-7-15(5-2)12-22-21(29)24-23-19(25)13-27-16-8-9-17-14(3)10-20(26)28-18(17)11-16/h8-11,15H,4-7,12-13H2,1-3H3,(H,23,25)(H2,22,24,29)/t15-/m1/s1. The molecule has 0 aliphatic heterocycles. The monoisotopic (exact) mass is 419 g/mol. The van der Waals surface area contributed by atoms with Crippen LogP contribution < -0.4 is 26.5 Å². The van der Waals surface area contributed by atoms with Gasteiger partial charge in [-0.15, -0.1) is 0 Å². The first-order valence-electron chi connectivity index (χ1n) is 9.92. The van der Waals surface area contributed by atoms with Crippen molar-refractivity contribution in [2.24, 2.45) is 5.92 Å². The molecule has 0 spiro atoms. The summed E-state index contributed by atoms with van der Waals surface area (Å²) in [7, 11) is 0. The van der Waals surface area contributed by atoms with E-state index >= 15 is 0 Å². The van der Waals surface area contributed by atoms with Gasteiger partial charge in [-0.1, -0.05) is 33.1 Å². The molecule has 7 nitrogen and oxygen atoms in total. The fourth-order valence-corrected chi connectivity index (χ4v) is 3.07. The Balaban J connectivity index is 1.76. The second kappa shape index (κ2) is 11.4. The summed E-state index contributed by atoms with van der Waals surface area (Å²) in [5, 5.41) is 4.32. The minimum Gasteiger partial charge on any atom is -0.484 e. The van der Waals surface area contributed by atoms with E-state index in [0.717, 1.165) is 30.3 Å². The molecule has 0 saturated heterocycles. The number of rotatable bonds is 9. The summed E-state index contributed by atoms with van der Waals surface area (Å²) in [6.45, 7) is 6.75. The Kier molecular flexibility index (Phi) is 8.92. The number of ether oxygens (including phenoxy) is 1. The predicted octanol–water partition coefficient (Wildman–Crippen LogP) is 3.19. The van der Waals surface area contributed by atoms with Crippen molar-refractivity contribution < 1.29 is 13.9 Å². The van der Waals surface area contributed by atoms with Crippen molar-refractivity contribution in [3.63, 3.8) is 0 Å². The Bertz CT molecular complexity index is 897. The van der Waals surface area contributed by atoms with Crippen molar-refractivity contribution >= 4 is 34.2 Å². The summed E-state index contributed by atoms with van der Waals surface area (Å²) in [5.41, 5.74) is 6.01. The van der Waals surface area contributed by atoms with E-state index in [4.69, 9.17) is 21.4 Å². The highest BCUT2D eigenvalue weighted by Crippen LogP contribution is 2.22. The minimum absolute atomic E-state index is 0.203. The first-order chi connectivity index (χ1) is 13.9. The predicted molar refractivity (Wildman–Crippen MR) is 118 cm³/mol. The number of hydrogen-bond donors (Lipinski definition) is 3. The van der Waals surface area contributed by atoms with Gasteiger partial charge in [-0.25, -0.2) is 4.79 Å². The Morgan fingerprint density at radius 2 is 2.03 bits per heavy atom. The zero-order chi connectivity index (χ0) is 21.2. The molecule has 0 fully saturated rings. The number of amides is 1. The van der Waals surface area contributed by atoms with Crippen LogP contribution in [0.4, 0.5) is 0 Å². The largest absolute Gasteiger partial charge is 0.484 e. The fourth-order valence-electron chi connectivity index (χ4n) is 2.93. The van der Waals surface area contributed by atoms with Gasteiger partial charge in [0.15, 0.2) is 11.7 Å². The number of carbonyl (C=O) groups is 1. The van der Waals surface area contributed by atoms with Crippen molar-refractivity contribution in [2.75, 3.05) is 13.2 Å². The van der Waals surface area contributed by atoms with E-state index in [1.165, 1.54) is 18.9 Å². The molecule has 1 heterocycles. The number of carbonyl (C=O) groups excluding carboxylic acids is 1. The van der Waals surface area contributed by atoms with Crippen LogP contribution in [-0.4, -0.2) is 24.2 Å². The van der Waals surface area contributed by atoms with Crippen molar-refractivity contribution in [2.45, 2.75) is 46.5 Å². The molecule has 0 unspecified atom stereocenters. The van der Waals surface area contributed by atoms with Crippen LogP contribution in [0.3, 0.4) is 0 Å². The van der Waals surface area contributed by atoms with Crippen LogP contribution in [0.5, 0.6) is 5.75 Å². The van der Waals surface area contributed by atoms with Gasteiger partial charge >= 0.3 is 5.63 Å². The molecule has 1 amide bonds. The highest BCUT2D eigenvalue weighted by Gasteiger charge is 2.09. The highest BCUT2D eigenvalue weighted by atomic mass is 32.1. The van der Waals surface area contributed by atoms with Crippen LogP contribution in [0.15, 0.2) is 33.5 Å². The number of thiocarbonyl (C=S) groups is 1. The molecule has 1 aromatic carbocycles. The number of hydrogen-bond acceptors (Lipinski definition) is 5. The van der Waals surface area contributed by atoms with Gasteiger partial charge in [0.25, 0.3) is 5.91 Å². The maximum atomic E-state index is 12.0. The average molecular weight is 420 g/mol. The van der Waals surface area contributed by atoms with E-state index in [2.05, 4.69) is 30.0 Å². The maximum Gasteiger partial charge on any atom is 0.336 e. The molecular formula is C21H29N3O4S. The first-order valence-corrected chi connectivity index (χ1v) is 10.3. The number of fused-ring (bicyclic) bond motifs is 1. The van der Waals surface area contributed by atoms with E-state index in [-0.39, 0.29) is 12.5 Å². The zero-order valence-corrected chi connectivity index (χ0v) is 18.0. The maximum absolute atomic E-state index is 12.0. The Morgan fingerprint density at radius 1 is 1.24 bits per heavy atom. The highest BCUT2D eigenvalue weighted by molar-refractivity contribution is 7.80. The molecule has 3 N–H and O–H groups in total. The van der Waals surface area contributed by atoms with Crippen LogP contribution >= 0.6 is 12.2 Å². The quantitative estimate of drug-likeness (QED) is 0.327. The molecule has 2 rings (SSSR count). The SMILES string of the molecule is CCCC[C@@H](CC)CNC(=S)NNC(=O)COc1ccc2c(C)cc(=O)oc2c1. The molecule has 8 heteroatoms. The van der Waals surface area contributed by atoms with E-state index in [9.17, 15) is 9.59 Å². The second-order valence-electron chi connectivity index (χ2n) is 6.99. The van der Waals surface area contributed by atoms with Gasteiger partial charge < -0.3 is 14.5 Å². The number of aryl methyl sites for hydroxylation is 1. The lowest BCUT2D eigenvalue weighted by Gasteiger charge is -2.17. The van der Waals surface area contributed by atoms with Gasteiger partial charge in [0.2, 0.25) is 0 Å². The normalized spacial score (nSPS) is 11.7. The zero-order valence-electron chi connectivity index (χ0n) is 17.2. The van der Waals surface area contributed by atoms with E-state index in [1.54, 1.807) is 18.2 Å². The molecule has 2 aromatic rings. The van der Waals surface area contributed by atoms with E-state index in [0.29, 0.717) is 22.4 Å². The Hall–Kier alpha value is -2.61. The fraction of sp³-hybridized carbons (Fsp3) is 0.476. The third kappa shape index (κ3) is 7.38. The number of unbranched alkanes of at least 4 members (excludes halogenated alkanes) is 1. The molecule has 1 atom stereocenters. The lowest BCUT2D eigenvalue weighted by molar-refractivity contribution is -0.123. The van der Waals surface area contributed by atoms with Gasteiger partial charge in [0, 0.05) is 24.1 Å². The van der Waals surface area contributed by atoms with Crippen molar-refractivity contribution in [3.8, 4) is 5.75 Å². The lowest BCUT2D eigenvalue weighted by atomic mass is 9.99. The lowest BCUT2D eigenvalue weighted by Crippen LogP contribution is -2.49. The van der Waals surface area contributed by atoms with Crippen LogP contribution in [-0.2, 0) is 4.79 Å². The Morgan fingerprint density at radius 3 is 2.76 bits per heavy atom. The molecule has 0 radical (unpaired) electrons. The van der Waals surface area contributed by atoms with Gasteiger partial charge in [0.1, 0.15) is 11.3 Å². The summed E-state index contributed by atoms with van der Waals surface area (Å²) in [4.78, 5) is 23.5. The summed E-state index contributed by atoms with van der Waals surface area (Å²) in [6, 6.07) is 6.55. The van der Waals surface area contributed by atoms with Crippen LogP contribution in [0.1, 0.15) is 45.1 Å². The smallest absolute Gasteiger partial charge is 0.336 e. The first kappa shape index (κ1) is 22.7. The van der Waals surface area contributed by atoms with E-state index in [1.807, 2.05) is 6.92 Å². The number of benzene rings is 1. The third-order valence-corrected chi connectivity index (χ3v) is 4.95. The van der Waals surface area contributed by atoms with Gasteiger partial charge in [-0.3, -0.25) is 15.6 Å². The Labute approximate surface area is 176 Å². The molecule has 0 aliphatic carbocycles. The molecular weight excluding hydrogens is 390 g/mol. The average Bonchev–Trinajstić information content (AvgIpc) is 2.70. The van der Waals surface area contributed by atoms with Crippen LogP contribution in [0.2, 0.25) is 0 Å². The summed E-state index contributed by atoms with van der Waals surface area (Å²) >= 11 is 5.19. The van der Waals surface area contributed by atoms with Crippen LogP contribution in [0, 0.1) is 12.8 Å². The number of nitrogens with one attached hydrogen (secondary N) is 3. The van der Waals surface area contributed by atoms with Gasteiger partial charge in [-0.05, 0) is 49.2 Å². The minimum atomic E-state index is -0.421. The molecule has 29 heavy (non-hydrogen) atoms. The molecule has 0 saturated carbocycles. The van der Waals surface area contributed by atoms with Crippen LogP contribution in [0.25, 0.3) is 11.0 Å². The summed E-state index contributed by atoms with van der Waals surface area (Å²) in [5.74, 6) is 0.618. The molecule has 0 bridgehead atoms. The van der Waals surface area contributed by atoms with Crippen molar-refractivity contribution in [1.29, 1.82) is 0 Å². The van der Waals surface area contributed by atoms with E-state index < -0.39 is 5.63 Å². The van der Waals surface area contributed by atoms with Gasteiger partial charge in [-0.2, -0.15) is 0 Å². The van der Waals surface area contributed by atoms with Crippen molar-refractivity contribution in [3.05, 3.63) is 40.2 Å². The molecule has 0 aliphatic rings.